The summed E-state index contributed by atoms with van der Waals surface area (Å²) in [6, 6.07) is 10.6. The molecule has 0 bridgehead atoms. The van der Waals surface area contributed by atoms with E-state index in [1.165, 1.54) is 24.3 Å². The Hall–Kier alpha value is -3.48. The molecule has 0 aliphatic carbocycles. The van der Waals surface area contributed by atoms with Gasteiger partial charge in [-0.05, 0) is 24.6 Å². The molecule has 0 fully saturated rings. The molecule has 120 valence electrons. The molecule has 1 heterocycles. The van der Waals surface area contributed by atoms with Crippen LogP contribution in [0.2, 0.25) is 0 Å². The van der Waals surface area contributed by atoms with Gasteiger partial charge in [0, 0.05) is 23.8 Å². The summed E-state index contributed by atoms with van der Waals surface area (Å²) in [5, 5.41) is 20.9. The second kappa shape index (κ2) is 5.96. The third kappa shape index (κ3) is 3.00. The van der Waals surface area contributed by atoms with E-state index in [-0.39, 0.29) is 22.7 Å². The quantitative estimate of drug-likeness (QED) is 0.449. The lowest BCUT2D eigenvalue weighted by molar-refractivity contribution is -0.384. The molecule has 3 aromatic rings. The molecule has 0 unspecified atom stereocenters. The van der Waals surface area contributed by atoms with Gasteiger partial charge in [-0.3, -0.25) is 10.1 Å². The standard InChI is InChI=1S/C17H12N2O5/c1-10-5-6-16-13(7-10)18-14(17(21)24-16)9-15(20)11-3-2-4-12(8-11)19(22)23/h2-9,20H,1H3/b15-9-. The zero-order valence-electron chi connectivity index (χ0n) is 12.6. The first-order chi connectivity index (χ1) is 11.4. The minimum Gasteiger partial charge on any atom is -0.507 e. The number of fused-ring (bicyclic) bond motifs is 1. The Morgan fingerprint density at radius 1 is 1.29 bits per heavy atom. The second-order valence-electron chi connectivity index (χ2n) is 5.19. The fourth-order valence-corrected chi connectivity index (χ4v) is 2.21. The Balaban J connectivity index is 2.08. The first kappa shape index (κ1) is 15.4. The van der Waals surface area contributed by atoms with E-state index >= 15 is 0 Å². The molecule has 7 nitrogen and oxygen atoms in total. The van der Waals surface area contributed by atoms with Gasteiger partial charge >= 0.3 is 5.63 Å². The maximum Gasteiger partial charge on any atom is 0.362 e. The fraction of sp³-hybridized carbons (Fsp3) is 0.0588. The normalized spacial score (nSPS) is 11.6. The van der Waals surface area contributed by atoms with Crippen molar-refractivity contribution in [2.75, 3.05) is 0 Å². The number of aryl methyl sites for hydroxylation is 1. The molecule has 0 aliphatic rings. The Morgan fingerprint density at radius 2 is 2.08 bits per heavy atom. The summed E-state index contributed by atoms with van der Waals surface area (Å²) in [7, 11) is 0. The molecule has 1 N–H and O–H groups in total. The molecule has 7 heteroatoms. The maximum absolute atomic E-state index is 12.0. The largest absolute Gasteiger partial charge is 0.507 e. The summed E-state index contributed by atoms with van der Waals surface area (Å²) < 4.78 is 5.16. The molecule has 2 aromatic carbocycles. The molecule has 0 saturated heterocycles. The van der Waals surface area contributed by atoms with Crippen molar-refractivity contribution in [2.24, 2.45) is 0 Å². The van der Waals surface area contributed by atoms with Crippen LogP contribution in [-0.2, 0) is 0 Å². The van der Waals surface area contributed by atoms with Crippen LogP contribution >= 0.6 is 0 Å². The second-order valence-corrected chi connectivity index (χ2v) is 5.19. The number of nitro benzene ring substituents is 1. The van der Waals surface area contributed by atoms with Crippen molar-refractivity contribution in [1.29, 1.82) is 0 Å². The first-order valence-corrected chi connectivity index (χ1v) is 7.01. The maximum atomic E-state index is 12.0. The molecule has 0 amide bonds. The van der Waals surface area contributed by atoms with E-state index in [1.807, 2.05) is 6.92 Å². The highest BCUT2D eigenvalue weighted by atomic mass is 16.6. The van der Waals surface area contributed by atoms with Crippen LogP contribution in [-0.4, -0.2) is 15.0 Å². The topological polar surface area (TPSA) is 106 Å². The van der Waals surface area contributed by atoms with Gasteiger partial charge < -0.3 is 9.52 Å². The predicted octanol–water partition coefficient (Wildman–Crippen LogP) is 3.46. The van der Waals surface area contributed by atoms with Gasteiger partial charge in [-0.25, -0.2) is 9.78 Å². The van der Waals surface area contributed by atoms with Crippen molar-refractivity contribution in [3.63, 3.8) is 0 Å². The summed E-state index contributed by atoms with van der Waals surface area (Å²) in [4.78, 5) is 26.4. The molecule has 1 aromatic heterocycles. The van der Waals surface area contributed by atoms with E-state index in [1.54, 1.807) is 18.2 Å². The summed E-state index contributed by atoms with van der Waals surface area (Å²) in [5.74, 6) is -0.314. The number of hydrogen-bond acceptors (Lipinski definition) is 6. The Labute approximate surface area is 135 Å². The highest BCUT2D eigenvalue weighted by Gasteiger charge is 2.11. The summed E-state index contributed by atoms with van der Waals surface area (Å²) in [6.45, 7) is 1.88. The van der Waals surface area contributed by atoms with Crippen LogP contribution < -0.4 is 5.63 Å². The van der Waals surface area contributed by atoms with Crippen LogP contribution in [0.3, 0.4) is 0 Å². The highest BCUT2D eigenvalue weighted by Crippen LogP contribution is 2.20. The van der Waals surface area contributed by atoms with E-state index in [0.29, 0.717) is 11.1 Å². The van der Waals surface area contributed by atoms with Crippen LogP contribution in [0, 0.1) is 17.0 Å². The van der Waals surface area contributed by atoms with Crippen molar-refractivity contribution in [3.8, 4) is 0 Å². The smallest absolute Gasteiger partial charge is 0.362 e. The molecular weight excluding hydrogens is 312 g/mol. The number of aromatic nitrogens is 1. The zero-order chi connectivity index (χ0) is 17.3. The molecule has 0 atom stereocenters. The Morgan fingerprint density at radius 3 is 2.83 bits per heavy atom. The van der Waals surface area contributed by atoms with E-state index in [2.05, 4.69) is 4.98 Å². The SMILES string of the molecule is Cc1ccc2oc(=O)c(/C=C(\O)c3cccc([N+](=O)[O-])c3)nc2c1. The van der Waals surface area contributed by atoms with Crippen molar-refractivity contribution in [3.05, 3.63) is 79.8 Å². The van der Waals surface area contributed by atoms with E-state index in [9.17, 15) is 20.0 Å². The summed E-state index contributed by atoms with van der Waals surface area (Å²) in [6.07, 6.45) is 1.13. The van der Waals surface area contributed by atoms with Gasteiger partial charge in [0.1, 0.15) is 11.3 Å². The number of nitrogens with zero attached hydrogens (tertiary/aromatic N) is 2. The Kier molecular flexibility index (Phi) is 3.83. The van der Waals surface area contributed by atoms with E-state index in [4.69, 9.17) is 4.42 Å². The number of benzene rings is 2. The van der Waals surface area contributed by atoms with Crippen molar-refractivity contribution in [1.82, 2.24) is 4.98 Å². The number of non-ortho nitro benzene ring substituents is 1. The molecule has 0 radical (unpaired) electrons. The van der Waals surface area contributed by atoms with Crippen LogP contribution in [0.25, 0.3) is 22.9 Å². The zero-order valence-corrected chi connectivity index (χ0v) is 12.6. The average Bonchev–Trinajstić information content (AvgIpc) is 2.56. The average molecular weight is 324 g/mol. The number of aliphatic hydroxyl groups excluding tert-OH is 1. The minimum atomic E-state index is -0.705. The molecule has 0 saturated carbocycles. The van der Waals surface area contributed by atoms with Gasteiger partial charge in [0.25, 0.3) is 5.69 Å². The molecule has 0 spiro atoms. The summed E-state index contributed by atoms with van der Waals surface area (Å²) >= 11 is 0. The molecule has 0 aliphatic heterocycles. The van der Waals surface area contributed by atoms with Crippen LogP contribution in [0.1, 0.15) is 16.8 Å². The van der Waals surface area contributed by atoms with Crippen molar-refractivity contribution >= 4 is 28.6 Å². The lowest BCUT2D eigenvalue weighted by Crippen LogP contribution is -2.06. The molecule has 3 rings (SSSR count). The fourth-order valence-electron chi connectivity index (χ4n) is 2.21. The van der Waals surface area contributed by atoms with Crippen LogP contribution in [0.15, 0.2) is 51.7 Å². The molecular formula is C17H12N2O5. The molecule has 24 heavy (non-hydrogen) atoms. The number of aliphatic hydroxyl groups is 1. The number of nitro groups is 1. The third-order valence-corrected chi connectivity index (χ3v) is 3.39. The summed E-state index contributed by atoms with van der Waals surface area (Å²) in [5.41, 5.74) is 1.02. The van der Waals surface area contributed by atoms with Gasteiger partial charge in [-0.2, -0.15) is 0 Å². The lowest BCUT2D eigenvalue weighted by atomic mass is 10.1. The Bertz CT molecular complexity index is 1040. The predicted molar refractivity (Wildman–Crippen MR) is 88.6 cm³/mol. The van der Waals surface area contributed by atoms with Gasteiger partial charge in [-0.15, -0.1) is 0 Å². The van der Waals surface area contributed by atoms with E-state index in [0.717, 1.165) is 11.6 Å². The van der Waals surface area contributed by atoms with Crippen molar-refractivity contribution < 1.29 is 14.4 Å². The highest BCUT2D eigenvalue weighted by molar-refractivity contribution is 5.78. The first-order valence-electron chi connectivity index (χ1n) is 7.01. The minimum absolute atomic E-state index is 0.0860. The van der Waals surface area contributed by atoms with Crippen molar-refractivity contribution in [2.45, 2.75) is 6.92 Å². The third-order valence-electron chi connectivity index (χ3n) is 3.39. The van der Waals surface area contributed by atoms with Gasteiger partial charge in [0.05, 0.1) is 4.92 Å². The van der Waals surface area contributed by atoms with Gasteiger partial charge in [0.2, 0.25) is 0 Å². The van der Waals surface area contributed by atoms with Crippen LogP contribution in [0.5, 0.6) is 0 Å². The lowest BCUT2D eigenvalue weighted by Gasteiger charge is -2.02. The van der Waals surface area contributed by atoms with Gasteiger partial charge in [-0.1, -0.05) is 18.2 Å². The van der Waals surface area contributed by atoms with E-state index < -0.39 is 10.5 Å². The van der Waals surface area contributed by atoms with Crippen LogP contribution in [0.4, 0.5) is 5.69 Å². The number of hydrogen-bond donors (Lipinski definition) is 1. The van der Waals surface area contributed by atoms with Gasteiger partial charge in [0.15, 0.2) is 11.3 Å². The number of rotatable bonds is 3. The monoisotopic (exact) mass is 324 g/mol.